The third kappa shape index (κ3) is 4.39. The van der Waals surface area contributed by atoms with Crippen LogP contribution in [-0.2, 0) is 14.3 Å². The van der Waals surface area contributed by atoms with Crippen molar-refractivity contribution >= 4 is 18.0 Å². The Hall–Kier alpha value is -3.35. The van der Waals surface area contributed by atoms with Gasteiger partial charge in [0.2, 0.25) is 5.91 Å². The number of ether oxygens (including phenoxy) is 1. The van der Waals surface area contributed by atoms with Crippen molar-refractivity contribution in [3.63, 3.8) is 0 Å². The monoisotopic (exact) mass is 396 g/mol. The van der Waals surface area contributed by atoms with Gasteiger partial charge in [-0.2, -0.15) is 0 Å². The van der Waals surface area contributed by atoms with E-state index in [9.17, 15) is 14.4 Å². The van der Waals surface area contributed by atoms with E-state index in [4.69, 9.17) is 9.84 Å². The zero-order valence-corrected chi connectivity index (χ0v) is 16.4. The summed E-state index contributed by atoms with van der Waals surface area (Å²) < 4.78 is 5.42. The van der Waals surface area contributed by atoms with Crippen LogP contribution in [0.25, 0.3) is 11.1 Å². The van der Waals surface area contributed by atoms with Gasteiger partial charge in [-0.1, -0.05) is 48.5 Å². The Morgan fingerprint density at radius 2 is 1.62 bits per heavy atom. The first-order valence-electron chi connectivity index (χ1n) is 9.54. The average molecular weight is 396 g/mol. The molecule has 1 aliphatic rings. The number of nitrogens with zero attached hydrogens (tertiary/aromatic N) is 1. The van der Waals surface area contributed by atoms with Gasteiger partial charge in [0.15, 0.2) is 0 Å². The minimum absolute atomic E-state index is 0.0710. The van der Waals surface area contributed by atoms with Gasteiger partial charge in [-0.3, -0.25) is 9.59 Å². The lowest BCUT2D eigenvalue weighted by Crippen LogP contribution is -2.48. The summed E-state index contributed by atoms with van der Waals surface area (Å²) in [5.41, 5.74) is 4.47. The molecule has 0 aromatic heterocycles. The predicted octanol–water partition coefficient (Wildman–Crippen LogP) is 2.85. The van der Waals surface area contributed by atoms with Crippen molar-refractivity contribution in [2.75, 3.05) is 19.7 Å². The molecule has 0 unspecified atom stereocenters. The highest BCUT2D eigenvalue weighted by atomic mass is 16.5. The number of carbonyl (C=O) groups is 3. The fourth-order valence-corrected chi connectivity index (χ4v) is 3.66. The van der Waals surface area contributed by atoms with E-state index in [-0.39, 0.29) is 19.1 Å². The van der Waals surface area contributed by atoms with Crippen molar-refractivity contribution in [1.29, 1.82) is 0 Å². The number of amides is 2. The van der Waals surface area contributed by atoms with Crippen LogP contribution >= 0.6 is 0 Å². The van der Waals surface area contributed by atoms with Gasteiger partial charge in [-0.15, -0.1) is 0 Å². The molecule has 1 atom stereocenters. The molecule has 0 bridgehead atoms. The summed E-state index contributed by atoms with van der Waals surface area (Å²) in [5, 5.41) is 11.4. The molecule has 2 aromatic carbocycles. The number of hydrogen-bond donors (Lipinski definition) is 2. The van der Waals surface area contributed by atoms with E-state index in [1.54, 1.807) is 6.92 Å². The molecule has 0 spiro atoms. The summed E-state index contributed by atoms with van der Waals surface area (Å²) in [6, 6.07) is 15.2. The second-order valence-corrected chi connectivity index (χ2v) is 6.94. The largest absolute Gasteiger partial charge is 0.480 e. The summed E-state index contributed by atoms with van der Waals surface area (Å²) in [7, 11) is 0. The molecule has 0 saturated heterocycles. The maximum absolute atomic E-state index is 12.3. The number of carbonyl (C=O) groups excluding carboxylic acids is 2. The van der Waals surface area contributed by atoms with E-state index in [0.29, 0.717) is 0 Å². The van der Waals surface area contributed by atoms with E-state index >= 15 is 0 Å². The van der Waals surface area contributed by atoms with Crippen LogP contribution in [-0.4, -0.2) is 53.7 Å². The van der Waals surface area contributed by atoms with Gasteiger partial charge in [-0.05, 0) is 36.1 Å². The van der Waals surface area contributed by atoms with Gasteiger partial charge in [0, 0.05) is 12.5 Å². The topological polar surface area (TPSA) is 95.9 Å². The van der Waals surface area contributed by atoms with Crippen molar-refractivity contribution in [3.8, 4) is 11.1 Å². The van der Waals surface area contributed by atoms with E-state index < -0.39 is 30.6 Å². The van der Waals surface area contributed by atoms with Crippen LogP contribution in [0.3, 0.4) is 0 Å². The van der Waals surface area contributed by atoms with Gasteiger partial charge >= 0.3 is 12.1 Å². The first-order chi connectivity index (χ1) is 13.9. The smallest absolute Gasteiger partial charge is 0.407 e. The second-order valence-electron chi connectivity index (χ2n) is 6.94. The van der Waals surface area contributed by atoms with E-state index in [1.807, 2.05) is 36.4 Å². The number of rotatable bonds is 7. The third-order valence-corrected chi connectivity index (χ3v) is 5.07. The third-order valence-electron chi connectivity index (χ3n) is 5.07. The fraction of sp³-hybridized carbons (Fsp3) is 0.318. The second kappa shape index (κ2) is 8.77. The zero-order chi connectivity index (χ0) is 21.0. The molecule has 0 fully saturated rings. The molecule has 2 amide bonds. The van der Waals surface area contributed by atoms with Crippen LogP contribution < -0.4 is 5.32 Å². The molecule has 1 aliphatic carbocycles. The molecule has 3 rings (SSSR count). The lowest BCUT2D eigenvalue weighted by Gasteiger charge is -2.23. The number of carboxylic acid groups (broad SMARTS) is 1. The maximum Gasteiger partial charge on any atom is 0.407 e. The number of aliphatic carboxylic acids is 1. The molecule has 29 heavy (non-hydrogen) atoms. The molecule has 152 valence electrons. The number of nitrogens with one attached hydrogen (secondary N) is 1. The van der Waals surface area contributed by atoms with Crippen molar-refractivity contribution in [2.45, 2.75) is 25.8 Å². The molecule has 7 nitrogen and oxygen atoms in total. The molecule has 7 heteroatoms. The van der Waals surface area contributed by atoms with Crippen LogP contribution in [0.15, 0.2) is 48.5 Å². The minimum atomic E-state index is -1.10. The van der Waals surface area contributed by atoms with Crippen molar-refractivity contribution in [1.82, 2.24) is 10.2 Å². The Morgan fingerprint density at radius 1 is 1.07 bits per heavy atom. The molecule has 2 N–H and O–H groups in total. The summed E-state index contributed by atoms with van der Waals surface area (Å²) in [6.45, 7) is 3.16. The lowest BCUT2D eigenvalue weighted by atomic mass is 9.98. The number of benzene rings is 2. The molecular weight excluding hydrogens is 372 g/mol. The summed E-state index contributed by atoms with van der Waals surface area (Å²) in [6.07, 6.45) is -0.709. The normalized spacial score (nSPS) is 13.2. The number of alkyl carbamates (subject to hydrolysis) is 1. The SMILES string of the molecule is CCN(CC(=O)O)C(=O)[C@H](C)NC(=O)OCC1c2ccccc2-c2ccccc21. The van der Waals surface area contributed by atoms with Gasteiger partial charge in [0.1, 0.15) is 19.2 Å². The highest BCUT2D eigenvalue weighted by Gasteiger charge is 2.29. The maximum atomic E-state index is 12.3. The van der Waals surface area contributed by atoms with Gasteiger partial charge in [0.25, 0.3) is 0 Å². The van der Waals surface area contributed by atoms with Crippen LogP contribution in [0.1, 0.15) is 30.9 Å². The number of hydrogen-bond acceptors (Lipinski definition) is 4. The van der Waals surface area contributed by atoms with Gasteiger partial charge < -0.3 is 20.1 Å². The van der Waals surface area contributed by atoms with E-state index in [1.165, 1.54) is 6.92 Å². The molecular formula is C22H24N2O5. The Labute approximate surface area is 169 Å². The van der Waals surface area contributed by atoms with Crippen molar-refractivity contribution in [3.05, 3.63) is 59.7 Å². The molecule has 0 aliphatic heterocycles. The highest BCUT2D eigenvalue weighted by molar-refractivity contribution is 5.87. The van der Waals surface area contributed by atoms with Crippen LogP contribution in [0, 0.1) is 0 Å². The average Bonchev–Trinajstić information content (AvgIpc) is 3.03. The Balaban J connectivity index is 1.62. The standard InChI is InChI=1S/C22H24N2O5/c1-3-24(12-20(25)26)21(27)14(2)23-22(28)29-13-19-17-10-6-4-8-15(17)16-9-5-7-11-18(16)19/h4-11,14,19H,3,12-13H2,1-2H3,(H,23,28)(H,25,26)/t14-/m0/s1. The van der Waals surface area contributed by atoms with E-state index in [0.717, 1.165) is 27.2 Å². The van der Waals surface area contributed by atoms with Crippen LogP contribution in [0.5, 0.6) is 0 Å². The minimum Gasteiger partial charge on any atom is -0.480 e. The Kier molecular flexibility index (Phi) is 6.16. The van der Waals surface area contributed by atoms with E-state index in [2.05, 4.69) is 17.4 Å². The lowest BCUT2D eigenvalue weighted by molar-refractivity contribution is -0.144. The Bertz CT molecular complexity index is 881. The van der Waals surface area contributed by atoms with Gasteiger partial charge in [0.05, 0.1) is 0 Å². The van der Waals surface area contributed by atoms with Crippen LogP contribution in [0.2, 0.25) is 0 Å². The fourth-order valence-electron chi connectivity index (χ4n) is 3.66. The molecule has 2 aromatic rings. The molecule has 0 heterocycles. The van der Waals surface area contributed by atoms with Crippen molar-refractivity contribution < 1.29 is 24.2 Å². The zero-order valence-electron chi connectivity index (χ0n) is 16.4. The summed E-state index contributed by atoms with van der Waals surface area (Å²) >= 11 is 0. The van der Waals surface area contributed by atoms with Crippen LogP contribution in [0.4, 0.5) is 4.79 Å². The quantitative estimate of drug-likeness (QED) is 0.750. The predicted molar refractivity (Wildman–Crippen MR) is 108 cm³/mol. The Morgan fingerprint density at radius 3 is 2.14 bits per heavy atom. The number of likely N-dealkylation sites (N-methyl/N-ethyl adjacent to an activating group) is 1. The summed E-state index contributed by atoms with van der Waals surface area (Å²) in [5.74, 6) is -1.64. The number of carboxylic acids is 1. The first-order valence-corrected chi connectivity index (χ1v) is 9.54. The van der Waals surface area contributed by atoms with Crippen molar-refractivity contribution in [2.24, 2.45) is 0 Å². The molecule has 0 radical (unpaired) electrons. The van der Waals surface area contributed by atoms with Gasteiger partial charge in [-0.25, -0.2) is 4.79 Å². The number of fused-ring (bicyclic) bond motifs is 3. The molecule has 0 saturated carbocycles. The summed E-state index contributed by atoms with van der Waals surface area (Å²) in [4.78, 5) is 36.6. The first kappa shape index (κ1) is 20.4. The highest BCUT2D eigenvalue weighted by Crippen LogP contribution is 2.44.